The first-order chi connectivity index (χ1) is 10.1. The van der Waals surface area contributed by atoms with Gasteiger partial charge in [-0.25, -0.2) is 0 Å². The summed E-state index contributed by atoms with van der Waals surface area (Å²) in [6, 6.07) is 0. The zero-order valence-corrected chi connectivity index (χ0v) is 14.0. The Morgan fingerprint density at radius 2 is 1.95 bits per heavy atom. The second kappa shape index (κ2) is 7.60. The minimum absolute atomic E-state index is 0.00114. The van der Waals surface area contributed by atoms with Gasteiger partial charge in [-0.15, -0.1) is 0 Å². The van der Waals surface area contributed by atoms with Crippen LogP contribution in [0, 0.1) is 5.92 Å². The Hall–Kier alpha value is -0.600. The highest BCUT2D eigenvalue weighted by Gasteiger charge is 2.38. The van der Waals surface area contributed by atoms with Crippen molar-refractivity contribution in [2.45, 2.75) is 70.8 Å². The molecule has 2 bridgehead atoms. The van der Waals surface area contributed by atoms with E-state index in [0.717, 1.165) is 19.3 Å². The molecular formula is C18H27ClO2. The molecule has 3 aliphatic carbocycles. The van der Waals surface area contributed by atoms with E-state index in [-0.39, 0.29) is 12.2 Å². The van der Waals surface area contributed by atoms with E-state index < -0.39 is 5.24 Å². The number of carbonyl (C=O) groups excluding carboxylic acids is 1. The fourth-order valence-corrected chi connectivity index (χ4v) is 3.66. The van der Waals surface area contributed by atoms with E-state index in [1.54, 1.807) is 0 Å². The Balaban J connectivity index is 2.22. The van der Waals surface area contributed by atoms with Crippen molar-refractivity contribution in [1.29, 1.82) is 0 Å². The minimum Gasteiger partial charge on any atom is -0.361 e. The van der Waals surface area contributed by atoms with E-state index in [4.69, 9.17) is 16.3 Å². The molecule has 0 N–H and O–H groups in total. The maximum absolute atomic E-state index is 11.1. The van der Waals surface area contributed by atoms with Crippen LogP contribution in [0.15, 0.2) is 23.3 Å². The first-order valence-corrected chi connectivity index (χ1v) is 8.64. The third-order valence-corrected chi connectivity index (χ3v) is 5.28. The molecule has 118 valence electrons. The average Bonchev–Trinajstić information content (AvgIpc) is 2.44. The van der Waals surface area contributed by atoms with E-state index in [2.05, 4.69) is 26.0 Å². The zero-order valence-electron chi connectivity index (χ0n) is 13.3. The van der Waals surface area contributed by atoms with Gasteiger partial charge in [0.1, 0.15) is 6.61 Å². The smallest absolute Gasteiger partial charge is 0.247 e. The molecule has 0 heterocycles. The van der Waals surface area contributed by atoms with Gasteiger partial charge in [0.15, 0.2) is 0 Å². The molecule has 3 heteroatoms. The van der Waals surface area contributed by atoms with E-state index in [9.17, 15) is 4.79 Å². The summed E-state index contributed by atoms with van der Waals surface area (Å²) in [4.78, 5) is 11.1. The molecule has 0 spiro atoms. The third kappa shape index (κ3) is 4.20. The fourth-order valence-electron chi connectivity index (χ4n) is 3.60. The topological polar surface area (TPSA) is 26.3 Å². The number of rotatable bonds is 3. The van der Waals surface area contributed by atoms with Gasteiger partial charge in [-0.05, 0) is 43.4 Å². The van der Waals surface area contributed by atoms with E-state index in [1.807, 2.05) is 0 Å². The summed E-state index contributed by atoms with van der Waals surface area (Å²) < 4.78 is 6.00. The SMILES string of the molecule is CC1=C2C=CC(OCC(=O)Cl)(CCCCCCCC2)C1C. The maximum Gasteiger partial charge on any atom is 0.247 e. The van der Waals surface area contributed by atoms with Crippen molar-refractivity contribution < 1.29 is 9.53 Å². The number of hydrogen-bond acceptors (Lipinski definition) is 2. The zero-order chi connectivity index (χ0) is 15.3. The van der Waals surface area contributed by atoms with Crippen LogP contribution in [0.5, 0.6) is 0 Å². The Kier molecular flexibility index (Phi) is 6.07. The Morgan fingerprint density at radius 3 is 2.67 bits per heavy atom. The predicted molar refractivity (Wildman–Crippen MR) is 87.5 cm³/mol. The number of allylic oxidation sites excluding steroid dienone is 2. The van der Waals surface area contributed by atoms with Gasteiger partial charge >= 0.3 is 0 Å². The summed E-state index contributed by atoms with van der Waals surface area (Å²) >= 11 is 5.49. The minimum atomic E-state index is -0.413. The van der Waals surface area contributed by atoms with Crippen LogP contribution >= 0.6 is 11.6 Å². The van der Waals surface area contributed by atoms with Crippen LogP contribution in [0.3, 0.4) is 0 Å². The molecule has 3 rings (SSSR count). The van der Waals surface area contributed by atoms with Crippen molar-refractivity contribution in [2.24, 2.45) is 5.92 Å². The summed E-state index contributed by atoms with van der Waals surface area (Å²) in [5.41, 5.74) is 2.52. The molecule has 0 amide bonds. The van der Waals surface area contributed by atoms with Crippen LogP contribution in [-0.2, 0) is 9.53 Å². The molecule has 0 radical (unpaired) electrons. The fraction of sp³-hybridized carbons (Fsp3) is 0.722. The molecule has 0 fully saturated rings. The molecule has 0 aliphatic heterocycles. The molecule has 0 aromatic heterocycles. The van der Waals surface area contributed by atoms with Gasteiger partial charge in [0.05, 0.1) is 5.60 Å². The molecule has 3 aliphatic rings. The highest BCUT2D eigenvalue weighted by atomic mass is 35.5. The molecule has 0 saturated heterocycles. The lowest BCUT2D eigenvalue weighted by Gasteiger charge is -2.40. The van der Waals surface area contributed by atoms with E-state index >= 15 is 0 Å². The molecular weight excluding hydrogens is 284 g/mol. The number of carbonyl (C=O) groups is 1. The molecule has 2 unspecified atom stereocenters. The standard InChI is InChI=1S/C18H27ClO2/c1-14-15(2)18(21-13-17(19)20)11-8-6-4-3-5-7-9-16(14)10-12-18/h10,12,15H,3-9,11,13H2,1-2H3. The van der Waals surface area contributed by atoms with Gasteiger partial charge in [-0.1, -0.05) is 56.8 Å². The summed E-state index contributed by atoms with van der Waals surface area (Å²) in [6.07, 6.45) is 14.2. The van der Waals surface area contributed by atoms with Gasteiger partial charge in [0.25, 0.3) is 0 Å². The van der Waals surface area contributed by atoms with Crippen molar-refractivity contribution in [2.75, 3.05) is 6.61 Å². The summed E-state index contributed by atoms with van der Waals surface area (Å²) in [7, 11) is 0. The van der Waals surface area contributed by atoms with Crippen molar-refractivity contribution >= 4 is 16.8 Å². The van der Waals surface area contributed by atoms with Gasteiger partial charge in [-0.2, -0.15) is 0 Å². The van der Waals surface area contributed by atoms with Gasteiger partial charge in [0, 0.05) is 5.92 Å². The van der Waals surface area contributed by atoms with Crippen LogP contribution in [0.25, 0.3) is 0 Å². The lowest BCUT2D eigenvalue weighted by atomic mass is 9.73. The van der Waals surface area contributed by atoms with Crippen LogP contribution in [0.1, 0.15) is 65.2 Å². The number of halogens is 1. The average molecular weight is 311 g/mol. The molecule has 2 atom stereocenters. The lowest BCUT2D eigenvalue weighted by molar-refractivity contribution is -0.123. The molecule has 2 nitrogen and oxygen atoms in total. The second-order valence-electron chi connectivity index (χ2n) is 6.48. The van der Waals surface area contributed by atoms with E-state index in [0.29, 0.717) is 5.92 Å². The first kappa shape index (κ1) is 16.8. The van der Waals surface area contributed by atoms with Crippen molar-refractivity contribution in [1.82, 2.24) is 0 Å². The summed E-state index contributed by atoms with van der Waals surface area (Å²) in [5, 5.41) is -0.413. The van der Waals surface area contributed by atoms with Crippen LogP contribution < -0.4 is 0 Å². The normalized spacial score (nSPS) is 30.9. The predicted octanol–water partition coefficient (Wildman–Crippen LogP) is 5.16. The molecule has 0 aromatic carbocycles. The molecule has 0 aromatic rings. The van der Waals surface area contributed by atoms with Crippen LogP contribution in [-0.4, -0.2) is 17.5 Å². The Bertz CT molecular complexity index is 438. The number of hydrogen-bond donors (Lipinski definition) is 0. The van der Waals surface area contributed by atoms with E-state index in [1.165, 1.54) is 43.3 Å². The molecule has 0 saturated carbocycles. The Morgan fingerprint density at radius 1 is 1.29 bits per heavy atom. The highest BCUT2D eigenvalue weighted by molar-refractivity contribution is 6.63. The number of fused-ring (bicyclic) bond motifs is 8. The lowest BCUT2D eigenvalue weighted by Crippen LogP contribution is -2.41. The Labute approximate surface area is 133 Å². The van der Waals surface area contributed by atoms with Gasteiger partial charge < -0.3 is 4.74 Å². The van der Waals surface area contributed by atoms with Gasteiger partial charge in [0.2, 0.25) is 5.24 Å². The quantitative estimate of drug-likeness (QED) is 0.673. The molecule has 21 heavy (non-hydrogen) atoms. The maximum atomic E-state index is 11.1. The monoisotopic (exact) mass is 310 g/mol. The van der Waals surface area contributed by atoms with Crippen LogP contribution in [0.4, 0.5) is 0 Å². The van der Waals surface area contributed by atoms with Crippen LogP contribution in [0.2, 0.25) is 0 Å². The number of ether oxygens (including phenoxy) is 1. The van der Waals surface area contributed by atoms with Crippen molar-refractivity contribution in [3.8, 4) is 0 Å². The summed E-state index contributed by atoms with van der Waals surface area (Å²) in [6.45, 7) is 4.44. The first-order valence-electron chi connectivity index (χ1n) is 8.26. The highest BCUT2D eigenvalue weighted by Crippen LogP contribution is 2.41. The third-order valence-electron chi connectivity index (χ3n) is 5.17. The van der Waals surface area contributed by atoms with Crippen molar-refractivity contribution in [3.63, 3.8) is 0 Å². The van der Waals surface area contributed by atoms with Crippen molar-refractivity contribution in [3.05, 3.63) is 23.3 Å². The second-order valence-corrected chi connectivity index (χ2v) is 6.90. The summed E-state index contributed by atoms with van der Waals surface area (Å²) in [5.74, 6) is 0.313. The van der Waals surface area contributed by atoms with Gasteiger partial charge in [-0.3, -0.25) is 4.79 Å². The largest absolute Gasteiger partial charge is 0.361 e.